The van der Waals surface area contributed by atoms with E-state index in [-0.39, 0.29) is 11.9 Å². The molecule has 4 heteroatoms. The monoisotopic (exact) mass is 276 g/mol. The van der Waals surface area contributed by atoms with Gasteiger partial charge in [0, 0.05) is 0 Å². The number of piperidine rings is 1. The van der Waals surface area contributed by atoms with Crippen LogP contribution in [0.2, 0.25) is 0 Å². The number of anilines is 1. The number of para-hydroxylation sites is 2. The maximum absolute atomic E-state index is 12.4. The molecule has 1 atom stereocenters. The molecule has 0 spiro atoms. The van der Waals surface area contributed by atoms with E-state index in [1.54, 1.807) is 0 Å². The lowest BCUT2D eigenvalue weighted by Crippen LogP contribution is -2.44. The van der Waals surface area contributed by atoms with Crippen molar-refractivity contribution in [3.05, 3.63) is 24.3 Å². The molecule has 1 fully saturated rings. The number of ether oxygens (including phenoxy) is 1. The molecule has 20 heavy (non-hydrogen) atoms. The van der Waals surface area contributed by atoms with Gasteiger partial charge in [-0.2, -0.15) is 0 Å². The number of hydrogen-bond donors (Lipinski definition) is 1. The zero-order valence-corrected chi connectivity index (χ0v) is 12.4. The third-order valence-electron chi connectivity index (χ3n) is 3.76. The number of nitrogens with zero attached hydrogens (tertiary/aromatic N) is 1. The van der Waals surface area contributed by atoms with Crippen molar-refractivity contribution in [2.24, 2.45) is 0 Å². The number of carbonyl (C=O) groups excluding carboxylic acids is 1. The minimum Gasteiger partial charge on any atom is -0.492 e. The van der Waals surface area contributed by atoms with Gasteiger partial charge in [0.1, 0.15) is 5.75 Å². The van der Waals surface area contributed by atoms with Gasteiger partial charge in [0.15, 0.2) is 0 Å². The SMILES string of the molecule is CCOc1ccccc1NC(=O)[C@H](C)N1CCCCC1. The van der Waals surface area contributed by atoms with Crippen LogP contribution in [0, 0.1) is 0 Å². The van der Waals surface area contributed by atoms with Crippen LogP contribution < -0.4 is 10.1 Å². The molecule has 0 aliphatic carbocycles. The van der Waals surface area contributed by atoms with E-state index in [1.807, 2.05) is 38.1 Å². The lowest BCUT2D eigenvalue weighted by molar-refractivity contribution is -0.121. The zero-order chi connectivity index (χ0) is 14.4. The zero-order valence-electron chi connectivity index (χ0n) is 12.4. The van der Waals surface area contributed by atoms with Crippen molar-refractivity contribution < 1.29 is 9.53 Å². The third kappa shape index (κ3) is 3.73. The highest BCUT2D eigenvalue weighted by molar-refractivity contribution is 5.95. The highest BCUT2D eigenvalue weighted by atomic mass is 16.5. The molecule has 1 heterocycles. The van der Waals surface area contributed by atoms with Crippen molar-refractivity contribution in [1.29, 1.82) is 0 Å². The van der Waals surface area contributed by atoms with E-state index in [1.165, 1.54) is 19.3 Å². The van der Waals surface area contributed by atoms with Crippen molar-refractivity contribution in [2.45, 2.75) is 39.2 Å². The summed E-state index contributed by atoms with van der Waals surface area (Å²) < 4.78 is 5.53. The molecule has 110 valence electrons. The molecule has 1 aliphatic heterocycles. The molecule has 0 bridgehead atoms. The smallest absolute Gasteiger partial charge is 0.241 e. The molecular weight excluding hydrogens is 252 g/mol. The van der Waals surface area contributed by atoms with Crippen molar-refractivity contribution in [3.8, 4) is 5.75 Å². The Labute approximate surface area is 121 Å². The van der Waals surface area contributed by atoms with Crippen LogP contribution in [-0.2, 0) is 4.79 Å². The van der Waals surface area contributed by atoms with Gasteiger partial charge in [-0.1, -0.05) is 18.6 Å². The van der Waals surface area contributed by atoms with Crippen LogP contribution in [0.3, 0.4) is 0 Å². The summed E-state index contributed by atoms with van der Waals surface area (Å²) in [5, 5.41) is 2.99. The summed E-state index contributed by atoms with van der Waals surface area (Å²) >= 11 is 0. The Morgan fingerprint density at radius 3 is 2.70 bits per heavy atom. The molecule has 1 aromatic carbocycles. The fourth-order valence-corrected chi connectivity index (χ4v) is 2.56. The molecule has 1 N–H and O–H groups in total. The number of rotatable bonds is 5. The van der Waals surface area contributed by atoms with Crippen LogP contribution in [0.1, 0.15) is 33.1 Å². The predicted octanol–water partition coefficient (Wildman–Crippen LogP) is 2.90. The first-order chi connectivity index (χ1) is 9.72. The first kappa shape index (κ1) is 14.9. The molecule has 1 amide bonds. The van der Waals surface area contributed by atoms with Gasteiger partial charge in [0.25, 0.3) is 0 Å². The first-order valence-corrected chi connectivity index (χ1v) is 7.49. The highest BCUT2D eigenvalue weighted by Gasteiger charge is 2.23. The van der Waals surface area contributed by atoms with E-state index in [2.05, 4.69) is 10.2 Å². The fourth-order valence-electron chi connectivity index (χ4n) is 2.56. The van der Waals surface area contributed by atoms with Crippen molar-refractivity contribution in [2.75, 3.05) is 25.0 Å². The number of carbonyl (C=O) groups is 1. The Balaban J connectivity index is 1.99. The third-order valence-corrected chi connectivity index (χ3v) is 3.76. The lowest BCUT2D eigenvalue weighted by Gasteiger charge is -2.31. The number of nitrogens with one attached hydrogen (secondary N) is 1. The summed E-state index contributed by atoms with van der Waals surface area (Å²) in [6.45, 7) is 6.54. The second kappa shape index (κ2) is 7.29. The van der Waals surface area contributed by atoms with E-state index < -0.39 is 0 Å². The number of amides is 1. The quantitative estimate of drug-likeness (QED) is 0.899. The predicted molar refractivity (Wildman–Crippen MR) is 81.1 cm³/mol. The van der Waals surface area contributed by atoms with E-state index in [4.69, 9.17) is 4.74 Å². The van der Waals surface area contributed by atoms with Gasteiger partial charge in [0.2, 0.25) is 5.91 Å². The van der Waals surface area contributed by atoms with Gasteiger partial charge in [-0.15, -0.1) is 0 Å². The summed E-state index contributed by atoms with van der Waals surface area (Å²) in [4.78, 5) is 14.6. The van der Waals surface area contributed by atoms with Crippen LogP contribution >= 0.6 is 0 Å². The molecule has 1 saturated heterocycles. The van der Waals surface area contributed by atoms with Crippen molar-refractivity contribution in [1.82, 2.24) is 4.90 Å². The van der Waals surface area contributed by atoms with E-state index >= 15 is 0 Å². The van der Waals surface area contributed by atoms with Crippen molar-refractivity contribution >= 4 is 11.6 Å². The van der Waals surface area contributed by atoms with E-state index in [0.717, 1.165) is 24.5 Å². The maximum Gasteiger partial charge on any atom is 0.241 e. The van der Waals surface area contributed by atoms with E-state index in [0.29, 0.717) is 6.61 Å². The minimum absolute atomic E-state index is 0.0408. The van der Waals surface area contributed by atoms with Gasteiger partial charge in [-0.3, -0.25) is 9.69 Å². The molecule has 1 aromatic rings. The first-order valence-electron chi connectivity index (χ1n) is 7.49. The molecule has 1 aliphatic rings. The van der Waals surface area contributed by atoms with Crippen LogP contribution in [0.15, 0.2) is 24.3 Å². The number of likely N-dealkylation sites (tertiary alicyclic amines) is 1. The van der Waals surface area contributed by atoms with Crippen LogP contribution in [0.4, 0.5) is 5.69 Å². The minimum atomic E-state index is -0.0926. The summed E-state index contributed by atoms with van der Waals surface area (Å²) in [6, 6.07) is 7.49. The summed E-state index contributed by atoms with van der Waals surface area (Å²) in [5.74, 6) is 0.772. The van der Waals surface area contributed by atoms with Crippen LogP contribution in [0.5, 0.6) is 5.75 Å². The number of hydrogen-bond acceptors (Lipinski definition) is 3. The average molecular weight is 276 g/mol. The summed E-state index contributed by atoms with van der Waals surface area (Å²) in [7, 11) is 0. The second-order valence-electron chi connectivity index (χ2n) is 5.19. The lowest BCUT2D eigenvalue weighted by atomic mass is 10.1. The van der Waals surface area contributed by atoms with Crippen LogP contribution in [-0.4, -0.2) is 36.5 Å². The highest BCUT2D eigenvalue weighted by Crippen LogP contribution is 2.24. The Bertz CT molecular complexity index is 442. The number of benzene rings is 1. The molecule has 0 saturated carbocycles. The van der Waals surface area contributed by atoms with Gasteiger partial charge >= 0.3 is 0 Å². The van der Waals surface area contributed by atoms with E-state index in [9.17, 15) is 4.79 Å². The fraction of sp³-hybridized carbons (Fsp3) is 0.562. The Morgan fingerprint density at radius 1 is 1.30 bits per heavy atom. The average Bonchev–Trinajstić information content (AvgIpc) is 2.49. The molecule has 0 radical (unpaired) electrons. The Kier molecular flexibility index (Phi) is 5.41. The summed E-state index contributed by atoms with van der Waals surface area (Å²) in [6.07, 6.45) is 3.65. The largest absolute Gasteiger partial charge is 0.492 e. The Hall–Kier alpha value is -1.55. The van der Waals surface area contributed by atoms with Gasteiger partial charge in [0.05, 0.1) is 18.3 Å². The molecular formula is C16H24N2O2. The van der Waals surface area contributed by atoms with Crippen molar-refractivity contribution in [3.63, 3.8) is 0 Å². The molecule has 0 aromatic heterocycles. The molecule has 2 rings (SSSR count). The molecule has 0 unspecified atom stereocenters. The maximum atomic E-state index is 12.4. The van der Waals surface area contributed by atoms with Crippen LogP contribution in [0.25, 0.3) is 0 Å². The Morgan fingerprint density at radius 2 is 2.00 bits per heavy atom. The van der Waals surface area contributed by atoms with Gasteiger partial charge < -0.3 is 10.1 Å². The molecule has 4 nitrogen and oxygen atoms in total. The van der Waals surface area contributed by atoms with Gasteiger partial charge in [-0.25, -0.2) is 0 Å². The van der Waals surface area contributed by atoms with Gasteiger partial charge in [-0.05, 0) is 51.9 Å². The topological polar surface area (TPSA) is 41.6 Å². The standard InChI is InChI=1S/C16H24N2O2/c1-3-20-15-10-6-5-9-14(15)17-16(19)13(2)18-11-7-4-8-12-18/h5-6,9-10,13H,3-4,7-8,11-12H2,1-2H3,(H,17,19)/t13-/m0/s1. The summed E-state index contributed by atoms with van der Waals surface area (Å²) in [5.41, 5.74) is 0.753. The normalized spacial score (nSPS) is 17.5. The second-order valence-corrected chi connectivity index (χ2v) is 5.19.